The molecule has 9 heteroatoms. The van der Waals surface area contributed by atoms with Crippen molar-refractivity contribution in [2.24, 2.45) is 21.9 Å². The van der Waals surface area contributed by atoms with Crippen LogP contribution in [0.25, 0.3) is 82.1 Å². The lowest BCUT2D eigenvalue weighted by Crippen LogP contribution is -2.04. The number of rotatable bonds is 4. The number of hydrogen-bond acceptors (Lipinski definition) is 9. The van der Waals surface area contributed by atoms with Crippen LogP contribution in [-0.4, -0.2) is 0 Å². The number of hydrogen-bond donors (Lipinski definition) is 3. The van der Waals surface area contributed by atoms with Gasteiger partial charge in [0.1, 0.15) is 0 Å². The third-order valence-electron chi connectivity index (χ3n) is 8.62. The quantitative estimate of drug-likeness (QED) is 0.0990. The highest BCUT2D eigenvalue weighted by Gasteiger charge is 2.20. The van der Waals surface area contributed by atoms with Crippen LogP contribution in [0.3, 0.4) is 0 Å². The molecule has 0 bridgehead atoms. The zero-order chi connectivity index (χ0) is 31.1. The van der Waals surface area contributed by atoms with E-state index in [1.807, 2.05) is 23.5 Å². The molecule has 4 heterocycles. The number of nitrogens with two attached hydrogens (primary N) is 3. The summed E-state index contributed by atoms with van der Waals surface area (Å²) in [5, 5.41) is 16.8. The Morgan fingerprint density at radius 3 is 1.33 bits per heavy atom. The molecule has 0 fully saturated rings. The van der Waals surface area contributed by atoms with Gasteiger partial charge in [-0.2, -0.15) is 10.2 Å². The number of thiophene rings is 4. The Balaban J connectivity index is 1.16. The van der Waals surface area contributed by atoms with Crippen LogP contribution in [0.15, 0.2) is 107 Å². The zero-order valence-corrected chi connectivity index (χ0v) is 27.8. The van der Waals surface area contributed by atoms with Gasteiger partial charge in [-0.25, -0.2) is 0 Å². The summed E-state index contributed by atoms with van der Waals surface area (Å²) in [5.41, 5.74) is 10.3. The standard InChI is InChI=1S/C37H25N5S4/c1-18-2-4-19(5-3-18)28-10-12-30(43-28)32-16-26-34(41-39)22-15-25-23(14-24(22)36(26)45-32)35(42-40)27-17-33(46-37(25)27)31-13-11-29(44-31)20-6-8-21(38)9-7-20/h2-17H,38-40H2,1H3/b41-34-,42-35-. The van der Waals surface area contributed by atoms with E-state index >= 15 is 0 Å². The van der Waals surface area contributed by atoms with Crippen LogP contribution in [0.2, 0.25) is 0 Å². The van der Waals surface area contributed by atoms with Crippen LogP contribution >= 0.6 is 45.3 Å². The van der Waals surface area contributed by atoms with E-state index in [4.69, 9.17) is 17.4 Å². The second kappa shape index (κ2) is 10.4. The Labute approximate surface area is 279 Å². The van der Waals surface area contributed by atoms with Crippen molar-refractivity contribution in [2.75, 3.05) is 5.73 Å². The molecule has 5 nitrogen and oxygen atoms in total. The number of benzene rings is 3. The molecule has 0 aliphatic rings. The first-order chi connectivity index (χ1) is 22.5. The molecule has 222 valence electrons. The van der Waals surface area contributed by atoms with Crippen molar-refractivity contribution in [3.05, 3.63) is 113 Å². The third kappa shape index (κ3) is 4.16. The van der Waals surface area contributed by atoms with E-state index in [1.54, 1.807) is 34.0 Å². The molecule has 0 saturated heterocycles. The summed E-state index contributed by atoms with van der Waals surface area (Å²) in [6, 6.07) is 34.4. The van der Waals surface area contributed by atoms with Gasteiger partial charge in [-0.05, 0) is 78.7 Å². The molecule has 0 saturated carbocycles. The van der Waals surface area contributed by atoms with Crippen LogP contribution in [-0.2, 0) is 0 Å². The van der Waals surface area contributed by atoms with Gasteiger partial charge in [-0.3, -0.25) is 0 Å². The van der Waals surface area contributed by atoms with Gasteiger partial charge in [0.25, 0.3) is 0 Å². The number of nitrogens with zero attached hydrogens (tertiary/aromatic N) is 2. The molecule has 0 amide bonds. The van der Waals surface area contributed by atoms with E-state index in [1.165, 1.54) is 49.8 Å². The van der Waals surface area contributed by atoms with Crippen molar-refractivity contribution < 1.29 is 0 Å². The summed E-state index contributed by atoms with van der Waals surface area (Å²) >= 11 is 7.15. The van der Waals surface area contributed by atoms with Crippen LogP contribution in [0.4, 0.5) is 5.69 Å². The maximum absolute atomic E-state index is 6.08. The first-order valence-corrected chi connectivity index (χ1v) is 17.9. The Kier molecular flexibility index (Phi) is 6.20. The number of fused-ring (bicyclic) bond motifs is 6. The van der Waals surface area contributed by atoms with Crippen molar-refractivity contribution in [2.45, 2.75) is 6.92 Å². The summed E-state index contributed by atoms with van der Waals surface area (Å²) in [5.74, 6) is 12.2. The Bertz CT molecular complexity index is 2540. The van der Waals surface area contributed by atoms with E-state index in [0.717, 1.165) is 54.3 Å². The lowest BCUT2D eigenvalue weighted by molar-refractivity contribution is 1.17. The van der Waals surface area contributed by atoms with Gasteiger partial charge in [-0.15, -0.1) is 45.3 Å². The van der Waals surface area contributed by atoms with Gasteiger partial charge in [-0.1, -0.05) is 42.0 Å². The van der Waals surface area contributed by atoms with E-state index in [0.29, 0.717) is 0 Å². The lowest BCUT2D eigenvalue weighted by Gasteiger charge is -1.98. The largest absolute Gasteiger partial charge is 0.399 e. The molecule has 0 radical (unpaired) electrons. The van der Waals surface area contributed by atoms with Crippen molar-refractivity contribution in [3.63, 3.8) is 0 Å². The predicted octanol–water partition coefficient (Wildman–Crippen LogP) is 9.53. The molecular formula is C37H25N5S4. The van der Waals surface area contributed by atoms with E-state index in [2.05, 4.69) is 102 Å². The average molecular weight is 668 g/mol. The number of anilines is 1. The first-order valence-electron chi connectivity index (χ1n) is 14.7. The summed E-state index contributed by atoms with van der Waals surface area (Å²) in [6.07, 6.45) is 0. The minimum absolute atomic E-state index is 0.766. The summed E-state index contributed by atoms with van der Waals surface area (Å²) < 4.78 is 2.36. The van der Waals surface area contributed by atoms with Gasteiger partial charge >= 0.3 is 0 Å². The van der Waals surface area contributed by atoms with Crippen molar-refractivity contribution in [1.29, 1.82) is 0 Å². The molecule has 46 heavy (non-hydrogen) atoms. The molecular weight excluding hydrogens is 643 g/mol. The second-order valence-electron chi connectivity index (χ2n) is 11.4. The zero-order valence-electron chi connectivity index (χ0n) is 24.5. The minimum atomic E-state index is 0.766. The summed E-state index contributed by atoms with van der Waals surface area (Å²) in [7, 11) is 0. The summed E-state index contributed by atoms with van der Waals surface area (Å²) in [4.78, 5) is 7.32. The Morgan fingerprint density at radius 2 is 0.870 bits per heavy atom. The van der Waals surface area contributed by atoms with Gasteiger partial charge in [0, 0.05) is 76.7 Å². The fourth-order valence-electron chi connectivity index (χ4n) is 6.33. The molecule has 0 aliphatic carbocycles. The van der Waals surface area contributed by atoms with Crippen molar-refractivity contribution in [3.8, 4) is 40.4 Å². The van der Waals surface area contributed by atoms with Crippen LogP contribution < -0.4 is 28.1 Å². The Morgan fingerprint density at radius 1 is 0.435 bits per heavy atom. The molecule has 4 aromatic heterocycles. The SMILES string of the molecule is Cc1ccc(-c2ccc(-c3cc4/c(=N\N)c5cc6c(cc5c4s3)/c(=N/N)c3cc(-c4ccc(-c5ccc(N)cc5)s4)sc36)s2)cc1. The second-order valence-corrected chi connectivity index (χ2v) is 15.7. The molecule has 9 aromatic rings. The van der Waals surface area contributed by atoms with Crippen LogP contribution in [0, 0.1) is 6.92 Å². The fourth-order valence-corrected chi connectivity index (χ4v) is 10.9. The lowest BCUT2D eigenvalue weighted by atomic mass is 10.1. The van der Waals surface area contributed by atoms with Crippen molar-refractivity contribution in [1.82, 2.24) is 0 Å². The molecule has 6 N–H and O–H groups in total. The van der Waals surface area contributed by atoms with Crippen LogP contribution in [0.1, 0.15) is 5.56 Å². The fraction of sp³-hybridized carbons (Fsp3) is 0.0270. The first kappa shape index (κ1) is 27.5. The van der Waals surface area contributed by atoms with E-state index in [9.17, 15) is 0 Å². The number of aryl methyl sites for hydroxylation is 1. The maximum atomic E-state index is 6.08. The highest BCUT2D eigenvalue weighted by molar-refractivity contribution is 7.28. The van der Waals surface area contributed by atoms with Gasteiger partial charge in [0.15, 0.2) is 0 Å². The average Bonchev–Trinajstić information content (AvgIpc) is 3.90. The molecule has 0 unspecified atom stereocenters. The van der Waals surface area contributed by atoms with E-state index in [-0.39, 0.29) is 0 Å². The van der Waals surface area contributed by atoms with Gasteiger partial charge in [0.2, 0.25) is 0 Å². The van der Waals surface area contributed by atoms with Gasteiger partial charge < -0.3 is 17.4 Å². The molecule has 0 aliphatic heterocycles. The highest BCUT2D eigenvalue weighted by Crippen LogP contribution is 2.45. The maximum Gasteiger partial charge on any atom is 0.0993 e. The minimum Gasteiger partial charge on any atom is -0.399 e. The topological polar surface area (TPSA) is 103 Å². The monoisotopic (exact) mass is 667 g/mol. The Hall–Kier alpha value is -4.80. The number of nitrogen functional groups attached to an aromatic ring is 1. The third-order valence-corrected chi connectivity index (χ3v) is 13.6. The smallest absolute Gasteiger partial charge is 0.0993 e. The predicted molar refractivity (Wildman–Crippen MR) is 201 cm³/mol. The molecule has 9 rings (SSSR count). The van der Waals surface area contributed by atoms with Gasteiger partial charge in [0.05, 0.1) is 10.7 Å². The molecule has 0 atom stereocenters. The summed E-state index contributed by atoms with van der Waals surface area (Å²) in [6.45, 7) is 2.11. The van der Waals surface area contributed by atoms with Crippen LogP contribution in [0.5, 0.6) is 0 Å². The highest BCUT2D eigenvalue weighted by atomic mass is 32.1. The molecule has 0 spiro atoms. The normalized spacial score (nSPS) is 13.0. The van der Waals surface area contributed by atoms with Crippen molar-refractivity contribution >= 4 is 92.8 Å². The molecule has 5 aromatic carbocycles. The van der Waals surface area contributed by atoms with E-state index < -0.39 is 0 Å².